The van der Waals surface area contributed by atoms with Gasteiger partial charge in [0.15, 0.2) is 5.03 Å². The highest BCUT2D eigenvalue weighted by Gasteiger charge is 2.36. The minimum absolute atomic E-state index is 0.0327. The summed E-state index contributed by atoms with van der Waals surface area (Å²) in [6, 6.07) is -0.466. The number of hydrogen-bond acceptors (Lipinski definition) is 4. The summed E-state index contributed by atoms with van der Waals surface area (Å²) in [5.74, 6) is 0.909. The van der Waals surface area contributed by atoms with Crippen molar-refractivity contribution in [2.75, 3.05) is 0 Å². The van der Waals surface area contributed by atoms with E-state index in [0.29, 0.717) is 5.82 Å². The van der Waals surface area contributed by atoms with Crippen LogP contribution in [0.3, 0.4) is 0 Å². The van der Waals surface area contributed by atoms with Crippen molar-refractivity contribution in [3.8, 4) is 0 Å². The number of thiocarbonyl (C=S) groups is 1. The van der Waals surface area contributed by atoms with Gasteiger partial charge in [0.2, 0.25) is 0 Å². The van der Waals surface area contributed by atoms with Crippen molar-refractivity contribution in [3.05, 3.63) is 12.0 Å². The molecule has 20 heavy (non-hydrogen) atoms. The molecule has 6 nitrogen and oxygen atoms in total. The second kappa shape index (κ2) is 5.79. The molecule has 1 atom stereocenters. The SMILES string of the molecule is CCCn1cc(S(=O)(=O)NC(C(N)=S)C2CC2)nc1C. The van der Waals surface area contributed by atoms with Crippen molar-refractivity contribution in [2.24, 2.45) is 11.7 Å². The number of sulfonamides is 1. The van der Waals surface area contributed by atoms with Crippen molar-refractivity contribution in [3.63, 3.8) is 0 Å². The van der Waals surface area contributed by atoms with Gasteiger partial charge in [-0.2, -0.15) is 4.72 Å². The summed E-state index contributed by atoms with van der Waals surface area (Å²) in [5, 5.41) is 0.0327. The smallest absolute Gasteiger partial charge is 0.260 e. The van der Waals surface area contributed by atoms with Crippen molar-refractivity contribution >= 4 is 27.2 Å². The first kappa shape index (κ1) is 15.4. The molecular formula is C12H20N4O2S2. The maximum atomic E-state index is 12.3. The molecule has 8 heteroatoms. The molecule has 1 fully saturated rings. The molecular weight excluding hydrogens is 296 g/mol. The molecule has 0 amide bonds. The second-order valence-corrected chi connectivity index (χ2v) is 7.29. The highest BCUT2D eigenvalue weighted by atomic mass is 32.2. The molecule has 0 spiro atoms. The van der Waals surface area contributed by atoms with E-state index in [2.05, 4.69) is 9.71 Å². The van der Waals surface area contributed by atoms with Crippen molar-refractivity contribution < 1.29 is 8.42 Å². The van der Waals surface area contributed by atoms with Gasteiger partial charge in [0.05, 0.1) is 11.0 Å². The van der Waals surface area contributed by atoms with Crippen LogP contribution in [0.4, 0.5) is 0 Å². The first-order valence-electron chi connectivity index (χ1n) is 6.70. The van der Waals surface area contributed by atoms with E-state index >= 15 is 0 Å². The van der Waals surface area contributed by atoms with Gasteiger partial charge in [0, 0.05) is 12.7 Å². The molecule has 0 radical (unpaired) electrons. The third-order valence-corrected chi connectivity index (χ3v) is 4.94. The Kier molecular flexibility index (Phi) is 4.46. The predicted molar refractivity (Wildman–Crippen MR) is 80.9 cm³/mol. The lowest BCUT2D eigenvalue weighted by atomic mass is 10.2. The van der Waals surface area contributed by atoms with Gasteiger partial charge >= 0.3 is 0 Å². The molecule has 0 bridgehead atoms. The number of nitrogens with two attached hydrogens (primary N) is 1. The zero-order chi connectivity index (χ0) is 14.9. The van der Waals surface area contributed by atoms with E-state index in [4.69, 9.17) is 18.0 Å². The lowest BCUT2D eigenvalue weighted by Crippen LogP contribution is -2.45. The van der Waals surface area contributed by atoms with Gasteiger partial charge in [-0.1, -0.05) is 19.1 Å². The number of aromatic nitrogens is 2. The Morgan fingerprint density at radius 3 is 2.80 bits per heavy atom. The van der Waals surface area contributed by atoms with Crippen LogP contribution in [0.15, 0.2) is 11.2 Å². The minimum Gasteiger partial charge on any atom is -0.392 e. The van der Waals surface area contributed by atoms with E-state index < -0.39 is 16.1 Å². The van der Waals surface area contributed by atoms with E-state index in [9.17, 15) is 8.42 Å². The number of rotatable bonds is 7. The average molecular weight is 316 g/mol. The molecule has 0 aromatic carbocycles. The molecule has 1 aromatic heterocycles. The predicted octanol–water partition coefficient (Wildman–Crippen LogP) is 0.945. The Labute approximate surface area is 124 Å². The molecule has 1 aromatic rings. The molecule has 0 saturated heterocycles. The molecule has 1 aliphatic carbocycles. The maximum Gasteiger partial charge on any atom is 0.260 e. The van der Waals surface area contributed by atoms with Crippen molar-refractivity contribution in [2.45, 2.75) is 50.7 Å². The van der Waals surface area contributed by atoms with E-state index in [0.717, 1.165) is 25.8 Å². The Hall–Kier alpha value is -0.990. The fourth-order valence-electron chi connectivity index (χ4n) is 2.12. The fraction of sp³-hybridized carbons (Fsp3) is 0.667. The molecule has 1 heterocycles. The Bertz CT molecular complexity index is 605. The zero-order valence-corrected chi connectivity index (χ0v) is 13.3. The second-order valence-electron chi connectivity index (χ2n) is 5.16. The first-order chi connectivity index (χ1) is 9.35. The topological polar surface area (TPSA) is 90.0 Å². The molecule has 1 aliphatic rings. The van der Waals surface area contributed by atoms with Gasteiger partial charge in [-0.05, 0) is 32.1 Å². The maximum absolute atomic E-state index is 12.3. The van der Waals surface area contributed by atoms with E-state index in [-0.39, 0.29) is 15.9 Å². The first-order valence-corrected chi connectivity index (χ1v) is 8.59. The summed E-state index contributed by atoms with van der Waals surface area (Å²) in [6.07, 6.45) is 4.38. The van der Waals surface area contributed by atoms with Gasteiger partial charge in [-0.25, -0.2) is 13.4 Å². The van der Waals surface area contributed by atoms with Crippen LogP contribution in [0.5, 0.6) is 0 Å². The Morgan fingerprint density at radius 1 is 1.65 bits per heavy atom. The van der Waals surface area contributed by atoms with Crippen LogP contribution in [0.25, 0.3) is 0 Å². The summed E-state index contributed by atoms with van der Waals surface area (Å²) < 4.78 is 29.1. The molecule has 2 rings (SSSR count). The van der Waals surface area contributed by atoms with Gasteiger partial charge in [-0.3, -0.25) is 0 Å². The van der Waals surface area contributed by atoms with Crippen molar-refractivity contribution in [1.82, 2.24) is 14.3 Å². The summed E-state index contributed by atoms with van der Waals surface area (Å²) in [5.41, 5.74) is 5.62. The van der Waals surface area contributed by atoms with Gasteiger partial charge in [-0.15, -0.1) is 0 Å². The number of imidazole rings is 1. The normalized spacial score (nSPS) is 17.1. The highest BCUT2D eigenvalue weighted by Crippen LogP contribution is 2.33. The van der Waals surface area contributed by atoms with Crippen LogP contribution in [0.2, 0.25) is 0 Å². The molecule has 112 valence electrons. The Morgan fingerprint density at radius 2 is 2.30 bits per heavy atom. The fourth-order valence-corrected chi connectivity index (χ4v) is 3.74. The third kappa shape index (κ3) is 3.36. The molecule has 1 unspecified atom stereocenters. The van der Waals surface area contributed by atoms with Crippen LogP contribution >= 0.6 is 12.2 Å². The lowest BCUT2D eigenvalue weighted by molar-refractivity contribution is 0.561. The van der Waals surface area contributed by atoms with E-state index in [1.54, 1.807) is 13.1 Å². The van der Waals surface area contributed by atoms with E-state index in [1.165, 1.54) is 0 Å². The molecule has 1 saturated carbocycles. The van der Waals surface area contributed by atoms with Gasteiger partial charge in [0.1, 0.15) is 5.82 Å². The zero-order valence-electron chi connectivity index (χ0n) is 11.7. The largest absolute Gasteiger partial charge is 0.392 e. The van der Waals surface area contributed by atoms with Crippen LogP contribution in [-0.2, 0) is 16.6 Å². The monoisotopic (exact) mass is 316 g/mol. The number of hydrogen-bond donors (Lipinski definition) is 2. The van der Waals surface area contributed by atoms with Crippen molar-refractivity contribution in [1.29, 1.82) is 0 Å². The summed E-state index contributed by atoms with van der Waals surface area (Å²) in [6.45, 7) is 4.57. The van der Waals surface area contributed by atoms with Gasteiger partial charge in [0.25, 0.3) is 10.0 Å². The van der Waals surface area contributed by atoms with E-state index in [1.807, 2.05) is 11.5 Å². The standard InChI is InChI=1S/C12H20N4O2S2/c1-3-6-16-7-10(14-8(16)2)20(17,18)15-11(12(13)19)9-4-5-9/h7,9,11,15H,3-6H2,1-2H3,(H2,13,19). The number of nitrogens with zero attached hydrogens (tertiary/aromatic N) is 2. The van der Waals surface area contributed by atoms with Crippen LogP contribution in [-0.4, -0.2) is 29.0 Å². The lowest BCUT2D eigenvalue weighted by Gasteiger charge is -2.15. The van der Waals surface area contributed by atoms with Crippen LogP contribution in [0, 0.1) is 12.8 Å². The summed E-state index contributed by atoms with van der Waals surface area (Å²) in [7, 11) is -3.68. The molecule has 0 aliphatic heterocycles. The van der Waals surface area contributed by atoms with Crippen LogP contribution in [0.1, 0.15) is 32.0 Å². The quantitative estimate of drug-likeness (QED) is 0.731. The summed E-state index contributed by atoms with van der Waals surface area (Å²) >= 11 is 4.95. The Balaban J connectivity index is 2.21. The highest BCUT2D eigenvalue weighted by molar-refractivity contribution is 7.89. The number of nitrogens with one attached hydrogen (secondary N) is 1. The average Bonchev–Trinajstić information content (AvgIpc) is 3.12. The summed E-state index contributed by atoms with van der Waals surface area (Å²) in [4.78, 5) is 4.32. The van der Waals surface area contributed by atoms with Crippen LogP contribution < -0.4 is 10.5 Å². The molecule has 3 N–H and O–H groups in total. The van der Waals surface area contributed by atoms with Gasteiger partial charge < -0.3 is 10.3 Å². The number of aryl methyl sites for hydroxylation is 2. The minimum atomic E-state index is -3.68. The third-order valence-electron chi connectivity index (χ3n) is 3.38.